The van der Waals surface area contributed by atoms with Gasteiger partial charge in [0.15, 0.2) is 0 Å². The zero-order valence-electron chi connectivity index (χ0n) is 8.63. The molecule has 14 heavy (non-hydrogen) atoms. The molecular formula is C9H15N3OS. The molecule has 1 aromatic rings. The number of carbonyl (C=O) groups is 1. The van der Waals surface area contributed by atoms with E-state index in [1.807, 2.05) is 19.2 Å². The lowest BCUT2D eigenvalue weighted by molar-refractivity contribution is -0.120. The van der Waals surface area contributed by atoms with Crippen molar-refractivity contribution in [1.29, 1.82) is 0 Å². The number of nitrogens with one attached hydrogen (secondary N) is 2. The normalized spacial score (nSPS) is 12.5. The zero-order valence-corrected chi connectivity index (χ0v) is 9.44. The highest BCUT2D eigenvalue weighted by atomic mass is 32.1. The Morgan fingerprint density at radius 1 is 1.71 bits per heavy atom. The maximum atomic E-state index is 11.2. The zero-order chi connectivity index (χ0) is 10.6. The first-order valence-corrected chi connectivity index (χ1v) is 5.37. The van der Waals surface area contributed by atoms with Crippen LogP contribution in [-0.2, 0) is 4.79 Å². The van der Waals surface area contributed by atoms with Gasteiger partial charge in [-0.25, -0.2) is 4.98 Å². The summed E-state index contributed by atoms with van der Waals surface area (Å²) in [7, 11) is 1.75. The lowest BCUT2D eigenvalue weighted by Crippen LogP contribution is -2.34. The minimum absolute atomic E-state index is 0.00865. The molecular weight excluding hydrogens is 198 g/mol. The summed E-state index contributed by atoms with van der Waals surface area (Å²) in [5.41, 5.74) is 0.928. The summed E-state index contributed by atoms with van der Waals surface area (Å²) >= 11 is 1.60. The van der Waals surface area contributed by atoms with E-state index < -0.39 is 0 Å². The fourth-order valence-corrected chi connectivity index (χ4v) is 1.81. The van der Waals surface area contributed by atoms with Gasteiger partial charge in [0.1, 0.15) is 0 Å². The first kappa shape index (κ1) is 11.1. The van der Waals surface area contributed by atoms with Gasteiger partial charge in [-0.2, -0.15) is 0 Å². The van der Waals surface area contributed by atoms with Gasteiger partial charge in [-0.15, -0.1) is 11.3 Å². The summed E-state index contributed by atoms with van der Waals surface area (Å²) in [6.45, 7) is 4.23. The molecule has 0 saturated heterocycles. The number of nitrogens with zero attached hydrogens (tertiary/aromatic N) is 1. The van der Waals surface area contributed by atoms with Crippen molar-refractivity contribution in [3.8, 4) is 0 Å². The molecule has 0 radical (unpaired) electrons. The van der Waals surface area contributed by atoms with Gasteiger partial charge in [-0.05, 0) is 20.9 Å². The topological polar surface area (TPSA) is 54.0 Å². The summed E-state index contributed by atoms with van der Waals surface area (Å²) in [6, 6.07) is -0.0131. The van der Waals surface area contributed by atoms with Gasteiger partial charge in [-0.3, -0.25) is 4.79 Å². The van der Waals surface area contributed by atoms with E-state index in [-0.39, 0.29) is 11.9 Å². The Bertz CT molecular complexity index is 311. The molecule has 1 heterocycles. The van der Waals surface area contributed by atoms with Crippen molar-refractivity contribution in [3.05, 3.63) is 16.1 Å². The van der Waals surface area contributed by atoms with E-state index in [1.165, 1.54) is 0 Å². The Kier molecular flexibility index (Phi) is 4.03. The highest BCUT2D eigenvalue weighted by Gasteiger charge is 2.10. The van der Waals surface area contributed by atoms with Crippen molar-refractivity contribution in [2.75, 3.05) is 13.6 Å². The average Bonchev–Trinajstić information content (AvgIpc) is 2.52. The van der Waals surface area contributed by atoms with Gasteiger partial charge >= 0.3 is 0 Å². The molecule has 0 bridgehead atoms. The fraction of sp³-hybridized carbons (Fsp3) is 0.556. The molecule has 4 nitrogen and oxygen atoms in total. The van der Waals surface area contributed by atoms with Crippen LogP contribution in [0.4, 0.5) is 0 Å². The Morgan fingerprint density at radius 2 is 2.43 bits per heavy atom. The number of aromatic nitrogens is 1. The van der Waals surface area contributed by atoms with Crippen LogP contribution >= 0.6 is 11.3 Å². The molecule has 1 amide bonds. The third kappa shape index (κ3) is 3.08. The number of rotatable bonds is 4. The quantitative estimate of drug-likeness (QED) is 0.779. The van der Waals surface area contributed by atoms with Crippen LogP contribution in [0.15, 0.2) is 5.38 Å². The van der Waals surface area contributed by atoms with Crippen LogP contribution in [0, 0.1) is 6.92 Å². The van der Waals surface area contributed by atoms with E-state index in [2.05, 4.69) is 15.6 Å². The van der Waals surface area contributed by atoms with E-state index >= 15 is 0 Å². The number of thiazole rings is 1. The van der Waals surface area contributed by atoms with Crippen LogP contribution in [-0.4, -0.2) is 24.5 Å². The summed E-state index contributed by atoms with van der Waals surface area (Å²) < 4.78 is 0. The summed E-state index contributed by atoms with van der Waals surface area (Å²) in [6.07, 6.45) is 0. The lowest BCUT2D eigenvalue weighted by atomic mass is 10.2. The Labute approximate surface area is 87.7 Å². The molecule has 0 saturated carbocycles. The van der Waals surface area contributed by atoms with Gasteiger partial charge in [-0.1, -0.05) is 0 Å². The Balaban J connectivity index is 2.50. The third-order valence-electron chi connectivity index (χ3n) is 1.80. The monoisotopic (exact) mass is 213 g/mol. The second-order valence-corrected chi connectivity index (χ2v) is 4.17. The fourth-order valence-electron chi connectivity index (χ4n) is 1.11. The van der Waals surface area contributed by atoms with E-state index in [1.54, 1.807) is 18.4 Å². The number of hydrogen-bond acceptors (Lipinski definition) is 4. The molecule has 0 aliphatic heterocycles. The maximum absolute atomic E-state index is 11.2. The van der Waals surface area contributed by atoms with Crippen molar-refractivity contribution in [1.82, 2.24) is 15.6 Å². The number of amides is 1. The number of carbonyl (C=O) groups excluding carboxylic acids is 1. The largest absolute Gasteiger partial charge is 0.347 e. The predicted molar refractivity (Wildman–Crippen MR) is 57.3 cm³/mol. The van der Waals surface area contributed by atoms with E-state index in [0.29, 0.717) is 6.54 Å². The summed E-state index contributed by atoms with van der Waals surface area (Å²) in [4.78, 5) is 15.5. The van der Waals surface area contributed by atoms with Gasteiger partial charge in [0.05, 0.1) is 23.3 Å². The van der Waals surface area contributed by atoms with Crippen LogP contribution in [0.3, 0.4) is 0 Å². The van der Waals surface area contributed by atoms with Gasteiger partial charge in [0.25, 0.3) is 0 Å². The second kappa shape index (κ2) is 5.07. The van der Waals surface area contributed by atoms with E-state index in [9.17, 15) is 4.79 Å². The van der Waals surface area contributed by atoms with Crippen LogP contribution in [0.5, 0.6) is 0 Å². The van der Waals surface area contributed by atoms with Crippen molar-refractivity contribution >= 4 is 17.2 Å². The number of aryl methyl sites for hydroxylation is 1. The average molecular weight is 213 g/mol. The summed E-state index contributed by atoms with van der Waals surface area (Å²) in [5.74, 6) is -0.00865. The summed E-state index contributed by atoms with van der Waals surface area (Å²) in [5, 5.41) is 8.65. The molecule has 0 fully saturated rings. The maximum Gasteiger partial charge on any atom is 0.234 e. The van der Waals surface area contributed by atoms with Gasteiger partial charge in [0, 0.05) is 5.38 Å². The number of hydrogen-bond donors (Lipinski definition) is 2. The third-order valence-corrected chi connectivity index (χ3v) is 2.59. The van der Waals surface area contributed by atoms with Crippen LogP contribution in [0.2, 0.25) is 0 Å². The SMILES string of the molecule is CNCC(=O)NC(C)c1csc(C)n1. The molecule has 1 unspecified atom stereocenters. The van der Waals surface area contributed by atoms with Crippen molar-refractivity contribution in [2.24, 2.45) is 0 Å². The Hall–Kier alpha value is -0.940. The van der Waals surface area contributed by atoms with E-state index in [4.69, 9.17) is 0 Å². The van der Waals surface area contributed by atoms with Gasteiger partial charge < -0.3 is 10.6 Å². The molecule has 0 spiro atoms. The molecule has 0 aliphatic carbocycles. The molecule has 2 N–H and O–H groups in total. The van der Waals surface area contributed by atoms with Crippen LogP contribution < -0.4 is 10.6 Å². The van der Waals surface area contributed by atoms with Crippen molar-refractivity contribution in [2.45, 2.75) is 19.9 Å². The molecule has 5 heteroatoms. The smallest absolute Gasteiger partial charge is 0.234 e. The molecule has 1 rings (SSSR count). The molecule has 78 valence electrons. The standard InChI is InChI=1S/C9H15N3OS/c1-6(11-9(13)4-10-3)8-5-14-7(2)12-8/h5-6,10H,4H2,1-3H3,(H,11,13). The molecule has 1 atom stereocenters. The molecule has 0 aromatic carbocycles. The van der Waals surface area contributed by atoms with Crippen LogP contribution in [0.25, 0.3) is 0 Å². The highest BCUT2D eigenvalue weighted by molar-refractivity contribution is 7.09. The van der Waals surface area contributed by atoms with Crippen molar-refractivity contribution < 1.29 is 4.79 Å². The first-order chi connectivity index (χ1) is 6.63. The van der Waals surface area contributed by atoms with Crippen LogP contribution in [0.1, 0.15) is 23.7 Å². The number of likely N-dealkylation sites (N-methyl/N-ethyl adjacent to an activating group) is 1. The lowest BCUT2D eigenvalue weighted by Gasteiger charge is -2.10. The minimum atomic E-state index is -0.0131. The van der Waals surface area contributed by atoms with Gasteiger partial charge in [0.2, 0.25) is 5.91 Å². The minimum Gasteiger partial charge on any atom is -0.347 e. The second-order valence-electron chi connectivity index (χ2n) is 3.11. The predicted octanol–water partition coefficient (Wildman–Crippen LogP) is 0.848. The first-order valence-electron chi connectivity index (χ1n) is 4.49. The van der Waals surface area contributed by atoms with E-state index in [0.717, 1.165) is 10.7 Å². The highest BCUT2D eigenvalue weighted by Crippen LogP contribution is 2.15. The van der Waals surface area contributed by atoms with Crippen molar-refractivity contribution in [3.63, 3.8) is 0 Å². The Morgan fingerprint density at radius 3 is 2.93 bits per heavy atom. The molecule has 0 aliphatic rings. The molecule has 1 aromatic heterocycles.